The molecule has 0 unspecified atom stereocenters. The molecule has 3 aromatic heterocycles. The molecule has 12 heteroatoms. The molecule has 4 rings (SSSR count). The van der Waals surface area contributed by atoms with E-state index >= 15 is 0 Å². The standard InChI is InChI=1S/C17H18N4O4S4/c1-11-14(29(23,24)21-6-2-3-7-21)9-13(25-11)15(22)18-16-19-20-17(28-16)27-10-12-5-4-8-26-12/h4-5,8-9H,2-3,6-7,10H2,1H3,(H,18,19,22). The van der Waals surface area contributed by atoms with Crippen molar-refractivity contribution in [3.8, 4) is 0 Å². The molecule has 29 heavy (non-hydrogen) atoms. The van der Waals surface area contributed by atoms with Crippen LogP contribution in [-0.4, -0.2) is 41.9 Å². The zero-order valence-corrected chi connectivity index (χ0v) is 18.7. The van der Waals surface area contributed by atoms with E-state index in [-0.39, 0.29) is 16.4 Å². The van der Waals surface area contributed by atoms with Crippen molar-refractivity contribution in [3.05, 3.63) is 40.0 Å². The minimum atomic E-state index is -3.65. The van der Waals surface area contributed by atoms with Gasteiger partial charge in [-0.3, -0.25) is 10.1 Å². The van der Waals surface area contributed by atoms with Gasteiger partial charge in [0.25, 0.3) is 5.91 Å². The highest BCUT2D eigenvalue weighted by Gasteiger charge is 2.31. The number of aryl methyl sites for hydroxylation is 1. The van der Waals surface area contributed by atoms with Gasteiger partial charge in [0, 0.05) is 29.8 Å². The second-order valence-electron chi connectivity index (χ2n) is 6.34. The molecular weight excluding hydrogens is 452 g/mol. The third-order valence-corrected chi connectivity index (χ3v) is 9.41. The number of amides is 1. The summed E-state index contributed by atoms with van der Waals surface area (Å²) < 4.78 is 33.1. The van der Waals surface area contributed by atoms with Crippen LogP contribution in [0.4, 0.5) is 5.13 Å². The van der Waals surface area contributed by atoms with E-state index in [1.165, 1.54) is 26.6 Å². The van der Waals surface area contributed by atoms with E-state index in [1.54, 1.807) is 30.0 Å². The molecule has 0 aliphatic carbocycles. The number of nitrogens with zero attached hydrogens (tertiary/aromatic N) is 3. The fourth-order valence-corrected chi connectivity index (χ4v) is 7.10. The van der Waals surface area contributed by atoms with Crippen LogP contribution >= 0.6 is 34.4 Å². The Balaban J connectivity index is 1.43. The Hall–Kier alpha value is -1.73. The van der Waals surface area contributed by atoms with Gasteiger partial charge in [0.1, 0.15) is 10.7 Å². The number of thioether (sulfide) groups is 1. The molecule has 0 radical (unpaired) electrons. The average molecular weight is 471 g/mol. The molecule has 0 atom stereocenters. The highest BCUT2D eigenvalue weighted by molar-refractivity contribution is 8.00. The van der Waals surface area contributed by atoms with Gasteiger partial charge in [0.15, 0.2) is 10.1 Å². The number of hydrogen-bond acceptors (Lipinski definition) is 9. The smallest absolute Gasteiger partial charge is 0.293 e. The lowest BCUT2D eigenvalue weighted by molar-refractivity contribution is 0.0995. The summed E-state index contributed by atoms with van der Waals surface area (Å²) in [6, 6.07) is 5.33. The lowest BCUT2D eigenvalue weighted by atomic mass is 10.4. The minimum Gasteiger partial charge on any atom is -0.455 e. The van der Waals surface area contributed by atoms with E-state index in [9.17, 15) is 13.2 Å². The molecule has 0 saturated carbocycles. The summed E-state index contributed by atoms with van der Waals surface area (Å²) in [7, 11) is -3.65. The van der Waals surface area contributed by atoms with Crippen molar-refractivity contribution in [3.63, 3.8) is 0 Å². The summed E-state index contributed by atoms with van der Waals surface area (Å²) in [6.45, 7) is 2.53. The van der Waals surface area contributed by atoms with Crippen LogP contribution in [0.3, 0.4) is 0 Å². The molecule has 1 aliphatic heterocycles. The molecule has 0 aromatic carbocycles. The van der Waals surface area contributed by atoms with Gasteiger partial charge in [0.2, 0.25) is 15.2 Å². The molecule has 1 fully saturated rings. The first kappa shape index (κ1) is 20.5. The molecule has 1 amide bonds. The van der Waals surface area contributed by atoms with Crippen LogP contribution in [0.15, 0.2) is 37.2 Å². The maximum Gasteiger partial charge on any atom is 0.293 e. The van der Waals surface area contributed by atoms with E-state index in [1.807, 2.05) is 11.4 Å². The Morgan fingerprint density at radius 2 is 2.14 bits per heavy atom. The number of rotatable bonds is 7. The van der Waals surface area contributed by atoms with Crippen molar-refractivity contribution < 1.29 is 17.6 Å². The molecule has 3 aromatic rings. The van der Waals surface area contributed by atoms with E-state index < -0.39 is 15.9 Å². The molecule has 1 saturated heterocycles. The monoisotopic (exact) mass is 470 g/mol. The Bertz CT molecular complexity index is 1100. The van der Waals surface area contributed by atoms with Crippen LogP contribution in [0.25, 0.3) is 0 Å². The molecule has 0 bridgehead atoms. The van der Waals surface area contributed by atoms with Gasteiger partial charge in [-0.25, -0.2) is 8.42 Å². The molecule has 8 nitrogen and oxygen atoms in total. The molecule has 0 spiro atoms. The summed E-state index contributed by atoms with van der Waals surface area (Å²) in [5.41, 5.74) is 0. The Kier molecular flexibility index (Phi) is 6.06. The van der Waals surface area contributed by atoms with Crippen LogP contribution in [0.2, 0.25) is 0 Å². The summed E-state index contributed by atoms with van der Waals surface area (Å²) in [6.07, 6.45) is 1.68. The average Bonchev–Trinajstić information content (AvgIpc) is 3.46. The van der Waals surface area contributed by atoms with Gasteiger partial charge in [-0.05, 0) is 31.2 Å². The zero-order chi connectivity index (χ0) is 20.4. The van der Waals surface area contributed by atoms with Gasteiger partial charge in [0.05, 0.1) is 0 Å². The molecular formula is C17H18N4O4S4. The van der Waals surface area contributed by atoms with E-state index in [2.05, 4.69) is 21.6 Å². The van der Waals surface area contributed by atoms with Gasteiger partial charge in [-0.2, -0.15) is 4.31 Å². The molecule has 154 valence electrons. The lowest BCUT2D eigenvalue weighted by Gasteiger charge is -2.14. The second-order valence-corrected chi connectivity index (χ2v) is 11.5. The Morgan fingerprint density at radius 3 is 2.86 bits per heavy atom. The third-order valence-electron chi connectivity index (χ3n) is 4.32. The van der Waals surface area contributed by atoms with Crippen molar-refractivity contribution in [2.75, 3.05) is 18.4 Å². The van der Waals surface area contributed by atoms with Crippen molar-refractivity contribution >= 4 is 55.5 Å². The highest BCUT2D eigenvalue weighted by atomic mass is 32.2. The summed E-state index contributed by atoms with van der Waals surface area (Å²) in [4.78, 5) is 13.8. The number of anilines is 1. The van der Waals surface area contributed by atoms with Crippen molar-refractivity contribution in [2.24, 2.45) is 0 Å². The predicted octanol–water partition coefficient (Wildman–Crippen LogP) is 3.83. The van der Waals surface area contributed by atoms with Gasteiger partial charge in [-0.1, -0.05) is 29.2 Å². The normalized spacial score (nSPS) is 15.1. The lowest BCUT2D eigenvalue weighted by Crippen LogP contribution is -2.28. The third kappa shape index (κ3) is 4.56. The first-order valence-electron chi connectivity index (χ1n) is 8.84. The fraction of sp³-hybridized carbons (Fsp3) is 0.353. The quantitative estimate of drug-likeness (QED) is 0.413. The highest BCUT2D eigenvalue weighted by Crippen LogP contribution is 2.30. The summed E-state index contributed by atoms with van der Waals surface area (Å²) in [5.74, 6) is 0.367. The van der Waals surface area contributed by atoms with E-state index in [4.69, 9.17) is 4.42 Å². The first-order valence-corrected chi connectivity index (χ1v) is 13.0. The Labute approximate surface area is 180 Å². The number of aromatic nitrogens is 2. The number of carbonyl (C=O) groups is 1. The molecule has 1 aliphatic rings. The number of carbonyl (C=O) groups excluding carboxylic acids is 1. The number of hydrogen-bond donors (Lipinski definition) is 1. The number of nitrogens with one attached hydrogen (secondary N) is 1. The topological polar surface area (TPSA) is 105 Å². The van der Waals surface area contributed by atoms with Crippen LogP contribution in [0, 0.1) is 6.92 Å². The zero-order valence-electron chi connectivity index (χ0n) is 15.5. The van der Waals surface area contributed by atoms with Crippen molar-refractivity contribution in [1.82, 2.24) is 14.5 Å². The predicted molar refractivity (Wildman–Crippen MR) is 113 cm³/mol. The van der Waals surface area contributed by atoms with Crippen LogP contribution in [-0.2, 0) is 15.8 Å². The number of thiophene rings is 1. The first-order chi connectivity index (χ1) is 13.9. The van der Waals surface area contributed by atoms with Gasteiger partial charge < -0.3 is 4.42 Å². The van der Waals surface area contributed by atoms with Crippen LogP contribution < -0.4 is 5.32 Å². The van der Waals surface area contributed by atoms with E-state index in [0.29, 0.717) is 18.2 Å². The molecule has 4 heterocycles. The Morgan fingerprint density at radius 1 is 1.34 bits per heavy atom. The maximum absolute atomic E-state index is 12.7. The molecule has 1 N–H and O–H groups in total. The van der Waals surface area contributed by atoms with Gasteiger partial charge in [-0.15, -0.1) is 21.5 Å². The number of furan rings is 1. The minimum absolute atomic E-state index is 0.0361. The second kappa shape index (κ2) is 8.56. The van der Waals surface area contributed by atoms with Crippen molar-refractivity contribution in [2.45, 2.75) is 34.8 Å². The van der Waals surface area contributed by atoms with Gasteiger partial charge >= 0.3 is 0 Å². The van der Waals surface area contributed by atoms with E-state index in [0.717, 1.165) is 22.9 Å². The largest absolute Gasteiger partial charge is 0.455 e. The van der Waals surface area contributed by atoms with Crippen LogP contribution in [0.5, 0.6) is 0 Å². The summed E-state index contributed by atoms with van der Waals surface area (Å²) >= 11 is 4.47. The SMILES string of the molecule is Cc1oc(C(=O)Nc2nnc(SCc3cccs3)s2)cc1S(=O)(=O)N1CCCC1. The fourth-order valence-electron chi connectivity index (χ4n) is 2.91. The number of sulfonamides is 1. The van der Waals surface area contributed by atoms with Crippen molar-refractivity contribution in [1.29, 1.82) is 0 Å². The summed E-state index contributed by atoms with van der Waals surface area (Å²) in [5, 5.41) is 13.0. The van der Waals surface area contributed by atoms with Crippen LogP contribution in [0.1, 0.15) is 34.0 Å². The maximum atomic E-state index is 12.7.